The first-order chi connectivity index (χ1) is 12.2. The third-order valence-corrected chi connectivity index (χ3v) is 7.05. The van der Waals surface area contributed by atoms with Crippen molar-refractivity contribution in [2.45, 2.75) is 64.0 Å². The number of ether oxygens (including phenoxy) is 1. The Morgan fingerprint density at radius 3 is 2.80 bits per heavy atom. The fourth-order valence-electron chi connectivity index (χ4n) is 4.95. The minimum atomic E-state index is 0.281. The molecule has 1 atom stereocenters. The fraction of sp³-hybridized carbons (Fsp3) is 0.833. The van der Waals surface area contributed by atoms with Crippen LogP contribution in [0.4, 0.5) is 0 Å². The van der Waals surface area contributed by atoms with Gasteiger partial charge in [-0.1, -0.05) is 24.2 Å². The minimum absolute atomic E-state index is 0.281. The molecule has 25 heavy (non-hydrogen) atoms. The molecule has 1 aromatic heterocycles. The molecular formula is C18H28N4O2S. The summed E-state index contributed by atoms with van der Waals surface area (Å²) in [5, 5.41) is 9.95. The summed E-state index contributed by atoms with van der Waals surface area (Å²) in [6.07, 6.45) is 9.22. The number of amides is 1. The molecule has 1 amide bonds. The molecule has 3 heterocycles. The van der Waals surface area contributed by atoms with Gasteiger partial charge in [-0.3, -0.25) is 9.69 Å². The van der Waals surface area contributed by atoms with Crippen molar-refractivity contribution >= 4 is 17.2 Å². The monoisotopic (exact) mass is 364 g/mol. The van der Waals surface area contributed by atoms with Crippen LogP contribution >= 0.6 is 11.3 Å². The van der Waals surface area contributed by atoms with E-state index in [4.69, 9.17) is 4.74 Å². The number of likely N-dealkylation sites (tertiary alicyclic amines) is 2. The van der Waals surface area contributed by atoms with Crippen LogP contribution in [0.15, 0.2) is 0 Å². The second-order valence-corrected chi connectivity index (χ2v) is 8.96. The topological polar surface area (TPSA) is 58.6 Å². The summed E-state index contributed by atoms with van der Waals surface area (Å²) in [7, 11) is 1.64. The number of hydrogen-bond acceptors (Lipinski definition) is 6. The number of aromatic nitrogens is 2. The van der Waals surface area contributed by atoms with E-state index in [2.05, 4.69) is 20.0 Å². The Kier molecular flexibility index (Phi) is 4.95. The van der Waals surface area contributed by atoms with Crippen molar-refractivity contribution in [2.24, 2.45) is 5.41 Å². The summed E-state index contributed by atoms with van der Waals surface area (Å²) >= 11 is 1.53. The second kappa shape index (κ2) is 7.19. The predicted octanol–water partition coefficient (Wildman–Crippen LogP) is 2.69. The molecule has 7 heteroatoms. The van der Waals surface area contributed by atoms with Gasteiger partial charge in [-0.15, -0.1) is 10.2 Å². The third kappa shape index (κ3) is 3.67. The first kappa shape index (κ1) is 17.2. The van der Waals surface area contributed by atoms with Gasteiger partial charge in [0.15, 0.2) is 0 Å². The van der Waals surface area contributed by atoms with Crippen LogP contribution in [0.25, 0.3) is 0 Å². The van der Waals surface area contributed by atoms with E-state index in [-0.39, 0.29) is 5.41 Å². The number of methoxy groups -OCH3 is 1. The van der Waals surface area contributed by atoms with Crippen molar-refractivity contribution in [3.05, 3.63) is 5.01 Å². The molecule has 1 unspecified atom stereocenters. The van der Waals surface area contributed by atoms with E-state index in [0.29, 0.717) is 17.1 Å². The Labute approximate surface area is 153 Å². The van der Waals surface area contributed by atoms with Crippen molar-refractivity contribution in [1.29, 1.82) is 0 Å². The Balaban J connectivity index is 1.42. The summed E-state index contributed by atoms with van der Waals surface area (Å²) in [5.74, 6) is 0.392. The van der Waals surface area contributed by atoms with Gasteiger partial charge in [0.1, 0.15) is 5.01 Å². The molecule has 0 bridgehead atoms. The largest absolute Gasteiger partial charge is 0.472 e. The van der Waals surface area contributed by atoms with Crippen molar-refractivity contribution < 1.29 is 9.53 Å². The van der Waals surface area contributed by atoms with E-state index in [1.807, 2.05) is 0 Å². The van der Waals surface area contributed by atoms with Gasteiger partial charge in [-0.2, -0.15) is 0 Å². The average Bonchev–Trinajstić information content (AvgIpc) is 3.29. The maximum Gasteiger partial charge on any atom is 0.293 e. The van der Waals surface area contributed by atoms with E-state index >= 15 is 0 Å². The van der Waals surface area contributed by atoms with Gasteiger partial charge in [0.05, 0.1) is 13.7 Å². The Morgan fingerprint density at radius 2 is 2.04 bits per heavy atom. The smallest absolute Gasteiger partial charge is 0.293 e. The zero-order chi connectivity index (χ0) is 17.3. The summed E-state index contributed by atoms with van der Waals surface area (Å²) < 4.78 is 5.16. The highest BCUT2D eigenvalue weighted by Gasteiger charge is 2.43. The highest BCUT2D eigenvalue weighted by Crippen LogP contribution is 2.41. The predicted molar refractivity (Wildman–Crippen MR) is 96.6 cm³/mol. The minimum Gasteiger partial charge on any atom is -0.472 e. The molecule has 0 N–H and O–H groups in total. The first-order valence-corrected chi connectivity index (χ1v) is 10.4. The molecule has 1 aliphatic carbocycles. The summed E-state index contributed by atoms with van der Waals surface area (Å²) in [6.45, 7) is 4.00. The molecule has 0 radical (unpaired) electrons. The lowest BCUT2D eigenvalue weighted by molar-refractivity contribution is -0.142. The Bertz CT molecular complexity index is 616. The van der Waals surface area contributed by atoms with Crippen LogP contribution in [0, 0.1) is 5.41 Å². The van der Waals surface area contributed by atoms with Crippen LogP contribution in [0.3, 0.4) is 0 Å². The lowest BCUT2D eigenvalue weighted by atomic mass is 9.73. The van der Waals surface area contributed by atoms with Crippen LogP contribution in [-0.4, -0.2) is 58.7 Å². The van der Waals surface area contributed by atoms with Gasteiger partial charge in [0.25, 0.3) is 5.19 Å². The van der Waals surface area contributed by atoms with Crippen LogP contribution < -0.4 is 4.74 Å². The first-order valence-electron chi connectivity index (χ1n) is 9.56. The molecular weight excluding hydrogens is 336 g/mol. The maximum atomic E-state index is 12.5. The fourth-order valence-corrected chi connectivity index (χ4v) is 5.64. The normalized spacial score (nSPS) is 28.8. The van der Waals surface area contributed by atoms with Crippen molar-refractivity contribution in [1.82, 2.24) is 20.0 Å². The van der Waals surface area contributed by atoms with Gasteiger partial charge in [0, 0.05) is 31.0 Å². The Hall–Kier alpha value is -1.21. The van der Waals surface area contributed by atoms with Gasteiger partial charge < -0.3 is 9.64 Å². The molecule has 0 aromatic carbocycles. The van der Waals surface area contributed by atoms with Gasteiger partial charge >= 0.3 is 0 Å². The van der Waals surface area contributed by atoms with Crippen molar-refractivity contribution in [3.8, 4) is 5.19 Å². The van der Waals surface area contributed by atoms with Crippen molar-refractivity contribution in [2.75, 3.05) is 26.7 Å². The summed E-state index contributed by atoms with van der Waals surface area (Å²) in [4.78, 5) is 17.2. The lowest BCUT2D eigenvalue weighted by Gasteiger charge is -2.49. The molecule has 138 valence electrons. The maximum absolute atomic E-state index is 12.5. The van der Waals surface area contributed by atoms with Gasteiger partial charge in [-0.25, -0.2) is 0 Å². The van der Waals surface area contributed by atoms with Crippen LogP contribution in [-0.2, 0) is 11.3 Å². The molecule has 3 aliphatic rings. The molecule has 1 spiro atoms. The summed E-state index contributed by atoms with van der Waals surface area (Å²) in [6, 6.07) is 0.507. The molecule has 1 aromatic rings. The highest BCUT2D eigenvalue weighted by molar-refractivity contribution is 7.13. The van der Waals surface area contributed by atoms with E-state index in [0.717, 1.165) is 44.0 Å². The van der Waals surface area contributed by atoms with Crippen molar-refractivity contribution in [3.63, 3.8) is 0 Å². The number of nitrogens with zero attached hydrogens (tertiary/aromatic N) is 4. The average molecular weight is 365 g/mol. The highest BCUT2D eigenvalue weighted by atomic mass is 32.1. The number of rotatable bonds is 4. The summed E-state index contributed by atoms with van der Waals surface area (Å²) in [5.41, 5.74) is 0.281. The third-order valence-electron chi connectivity index (χ3n) is 6.18. The van der Waals surface area contributed by atoms with E-state index in [9.17, 15) is 4.79 Å². The van der Waals surface area contributed by atoms with Crippen LogP contribution in [0.2, 0.25) is 0 Å². The van der Waals surface area contributed by atoms with Gasteiger partial charge in [-0.05, 0) is 38.6 Å². The number of hydrogen-bond donors (Lipinski definition) is 0. The van der Waals surface area contributed by atoms with Gasteiger partial charge in [0.2, 0.25) is 5.91 Å². The number of carbonyl (C=O) groups is 1. The number of carbonyl (C=O) groups excluding carboxylic acids is 1. The van der Waals surface area contributed by atoms with E-state index < -0.39 is 0 Å². The molecule has 2 aliphatic heterocycles. The SMILES string of the molecule is COc1nnc(CN2CCCC3(CCC(=O)N(C4CCCC4)C3)C2)s1. The van der Waals surface area contributed by atoms with Crippen LogP contribution in [0.1, 0.15) is 56.4 Å². The lowest BCUT2D eigenvalue weighted by Crippen LogP contribution is -2.55. The molecule has 1 saturated carbocycles. The Morgan fingerprint density at radius 1 is 1.20 bits per heavy atom. The zero-order valence-corrected chi connectivity index (χ0v) is 15.9. The second-order valence-electron chi connectivity index (χ2n) is 7.94. The van der Waals surface area contributed by atoms with E-state index in [1.165, 1.54) is 49.9 Å². The van der Waals surface area contributed by atoms with E-state index in [1.54, 1.807) is 7.11 Å². The molecule has 3 fully saturated rings. The number of piperidine rings is 2. The molecule has 4 rings (SSSR count). The zero-order valence-electron chi connectivity index (χ0n) is 15.1. The molecule has 2 saturated heterocycles. The van der Waals surface area contributed by atoms with Crippen LogP contribution in [0.5, 0.6) is 5.19 Å². The standard InChI is InChI=1S/C18H28N4O2S/c1-24-17-20-19-15(25-17)11-21-10-4-8-18(12-21)9-7-16(23)22(13-18)14-5-2-3-6-14/h14H,2-13H2,1H3. The quantitative estimate of drug-likeness (QED) is 0.822. The molecule has 6 nitrogen and oxygen atoms in total.